The second kappa shape index (κ2) is 4.97. The highest BCUT2D eigenvalue weighted by atomic mass is 16.4. The molecule has 1 heterocycles. The Kier molecular flexibility index (Phi) is 3.90. The van der Waals surface area contributed by atoms with Gasteiger partial charge in [0.05, 0.1) is 6.07 Å². The number of nitriles is 1. The third kappa shape index (κ3) is 2.46. The van der Waals surface area contributed by atoms with Crippen molar-refractivity contribution in [2.75, 3.05) is 6.54 Å². The third-order valence-corrected chi connectivity index (χ3v) is 2.87. The van der Waals surface area contributed by atoms with Gasteiger partial charge in [-0.3, -0.25) is 9.69 Å². The van der Waals surface area contributed by atoms with E-state index in [0.29, 0.717) is 12.5 Å². The second-order valence-electron chi connectivity index (χ2n) is 3.74. The van der Waals surface area contributed by atoms with Gasteiger partial charge in [0, 0.05) is 12.5 Å². The van der Waals surface area contributed by atoms with E-state index in [2.05, 4.69) is 6.07 Å². The summed E-state index contributed by atoms with van der Waals surface area (Å²) in [6, 6.07) is 1.99. The summed E-state index contributed by atoms with van der Waals surface area (Å²) in [7, 11) is 0. The molecule has 1 fully saturated rings. The maximum Gasteiger partial charge on any atom is 0.320 e. The standard InChI is InChI=1S/C10H16N2O2/c1-8(10(13)14)12-7-3-5-9(12)4-2-6-11/h8-9H,2-5,7H2,1H3,(H,13,14). The van der Waals surface area contributed by atoms with Gasteiger partial charge in [0.2, 0.25) is 0 Å². The van der Waals surface area contributed by atoms with E-state index in [9.17, 15) is 4.79 Å². The summed E-state index contributed by atoms with van der Waals surface area (Å²) in [6.07, 6.45) is 3.40. The molecule has 4 nitrogen and oxygen atoms in total. The number of likely N-dealkylation sites (tertiary alicyclic amines) is 1. The van der Waals surface area contributed by atoms with E-state index in [-0.39, 0.29) is 0 Å². The number of carboxylic acids is 1. The van der Waals surface area contributed by atoms with Crippen molar-refractivity contribution in [2.24, 2.45) is 0 Å². The molecule has 0 bridgehead atoms. The SMILES string of the molecule is CC(C(=O)O)N1CCCC1CCC#N. The molecule has 1 rings (SSSR count). The lowest BCUT2D eigenvalue weighted by Crippen LogP contribution is -2.42. The first-order valence-electron chi connectivity index (χ1n) is 5.02. The van der Waals surface area contributed by atoms with Gasteiger partial charge in [0.25, 0.3) is 0 Å². The van der Waals surface area contributed by atoms with Gasteiger partial charge in [-0.1, -0.05) is 0 Å². The quantitative estimate of drug-likeness (QED) is 0.734. The normalized spacial score (nSPS) is 24.4. The van der Waals surface area contributed by atoms with Crippen LogP contribution >= 0.6 is 0 Å². The van der Waals surface area contributed by atoms with E-state index in [4.69, 9.17) is 10.4 Å². The number of carbonyl (C=O) groups is 1. The highest BCUT2D eigenvalue weighted by Gasteiger charge is 2.31. The van der Waals surface area contributed by atoms with Crippen LogP contribution in [0.15, 0.2) is 0 Å². The molecule has 1 N–H and O–H groups in total. The van der Waals surface area contributed by atoms with Crippen molar-refractivity contribution in [3.63, 3.8) is 0 Å². The molecule has 0 aromatic carbocycles. The molecule has 1 aliphatic rings. The Balaban J connectivity index is 2.51. The molecular weight excluding hydrogens is 180 g/mol. The van der Waals surface area contributed by atoms with Crippen LogP contribution in [0.2, 0.25) is 0 Å². The summed E-state index contributed by atoms with van der Waals surface area (Å²) >= 11 is 0. The highest BCUT2D eigenvalue weighted by Crippen LogP contribution is 2.23. The number of aliphatic carboxylic acids is 1. The lowest BCUT2D eigenvalue weighted by molar-refractivity contribution is -0.143. The van der Waals surface area contributed by atoms with Crippen LogP contribution in [-0.4, -0.2) is 34.6 Å². The van der Waals surface area contributed by atoms with Gasteiger partial charge in [-0.2, -0.15) is 5.26 Å². The Morgan fingerprint density at radius 3 is 3.07 bits per heavy atom. The molecule has 14 heavy (non-hydrogen) atoms. The molecule has 1 aliphatic heterocycles. The Hall–Kier alpha value is -1.08. The molecule has 2 unspecified atom stereocenters. The summed E-state index contributed by atoms with van der Waals surface area (Å²) in [5.74, 6) is -0.770. The summed E-state index contributed by atoms with van der Waals surface area (Å²) in [4.78, 5) is 12.8. The lowest BCUT2D eigenvalue weighted by atomic mass is 10.1. The maximum atomic E-state index is 10.8. The van der Waals surface area contributed by atoms with Crippen molar-refractivity contribution in [1.29, 1.82) is 5.26 Å². The van der Waals surface area contributed by atoms with Gasteiger partial charge in [0.15, 0.2) is 0 Å². The fraction of sp³-hybridized carbons (Fsp3) is 0.800. The third-order valence-electron chi connectivity index (χ3n) is 2.87. The molecule has 4 heteroatoms. The minimum absolute atomic E-state index is 0.292. The zero-order valence-electron chi connectivity index (χ0n) is 8.44. The van der Waals surface area contributed by atoms with Gasteiger partial charge in [-0.15, -0.1) is 0 Å². The second-order valence-corrected chi connectivity index (χ2v) is 3.74. The molecule has 78 valence electrons. The van der Waals surface area contributed by atoms with Crippen molar-refractivity contribution in [3.05, 3.63) is 0 Å². The van der Waals surface area contributed by atoms with E-state index in [1.807, 2.05) is 4.90 Å². The number of hydrogen-bond acceptors (Lipinski definition) is 3. The zero-order valence-corrected chi connectivity index (χ0v) is 8.44. The maximum absolute atomic E-state index is 10.8. The molecule has 0 aromatic heterocycles. The Morgan fingerprint density at radius 2 is 2.50 bits per heavy atom. The number of hydrogen-bond donors (Lipinski definition) is 1. The van der Waals surface area contributed by atoms with Gasteiger partial charge in [-0.25, -0.2) is 0 Å². The van der Waals surface area contributed by atoms with Gasteiger partial charge in [-0.05, 0) is 32.7 Å². The van der Waals surface area contributed by atoms with Gasteiger partial charge < -0.3 is 5.11 Å². The number of rotatable bonds is 4. The van der Waals surface area contributed by atoms with Crippen LogP contribution in [0.3, 0.4) is 0 Å². The van der Waals surface area contributed by atoms with E-state index in [1.54, 1.807) is 6.92 Å². The van der Waals surface area contributed by atoms with Crippen LogP contribution in [0.4, 0.5) is 0 Å². The Morgan fingerprint density at radius 1 is 1.79 bits per heavy atom. The average Bonchev–Trinajstić information content (AvgIpc) is 2.61. The van der Waals surface area contributed by atoms with Crippen LogP contribution in [0.5, 0.6) is 0 Å². The molecule has 0 radical (unpaired) electrons. The molecule has 0 saturated carbocycles. The molecule has 0 aromatic rings. The number of nitrogens with zero attached hydrogens (tertiary/aromatic N) is 2. The first kappa shape index (κ1) is 11.0. The van der Waals surface area contributed by atoms with E-state index < -0.39 is 12.0 Å². The van der Waals surface area contributed by atoms with Gasteiger partial charge in [0.1, 0.15) is 6.04 Å². The van der Waals surface area contributed by atoms with Crippen LogP contribution in [0.1, 0.15) is 32.6 Å². The Bertz CT molecular complexity index is 247. The summed E-state index contributed by atoms with van der Waals surface area (Å²) < 4.78 is 0. The van der Waals surface area contributed by atoms with Crippen LogP contribution in [0, 0.1) is 11.3 Å². The molecule has 0 aliphatic carbocycles. The Labute approximate surface area is 84.1 Å². The fourth-order valence-corrected chi connectivity index (χ4v) is 2.05. The van der Waals surface area contributed by atoms with Crippen LogP contribution in [0.25, 0.3) is 0 Å². The minimum Gasteiger partial charge on any atom is -0.480 e. The first-order valence-corrected chi connectivity index (χ1v) is 5.02. The predicted molar refractivity (Wildman–Crippen MR) is 51.7 cm³/mol. The minimum atomic E-state index is -0.770. The van der Waals surface area contributed by atoms with Gasteiger partial charge >= 0.3 is 5.97 Å². The van der Waals surface area contributed by atoms with E-state index in [1.165, 1.54) is 0 Å². The fourth-order valence-electron chi connectivity index (χ4n) is 2.05. The van der Waals surface area contributed by atoms with Crippen molar-refractivity contribution in [2.45, 2.75) is 44.7 Å². The molecule has 1 saturated heterocycles. The largest absolute Gasteiger partial charge is 0.480 e. The average molecular weight is 196 g/mol. The van der Waals surface area contributed by atoms with E-state index in [0.717, 1.165) is 25.8 Å². The molecule has 0 spiro atoms. The van der Waals surface area contributed by atoms with Crippen molar-refractivity contribution >= 4 is 5.97 Å². The molecule has 2 atom stereocenters. The van der Waals surface area contributed by atoms with Crippen molar-refractivity contribution in [1.82, 2.24) is 4.90 Å². The van der Waals surface area contributed by atoms with Crippen molar-refractivity contribution in [3.8, 4) is 6.07 Å². The van der Waals surface area contributed by atoms with Crippen LogP contribution in [-0.2, 0) is 4.79 Å². The lowest BCUT2D eigenvalue weighted by Gasteiger charge is -2.27. The van der Waals surface area contributed by atoms with Crippen molar-refractivity contribution < 1.29 is 9.90 Å². The topological polar surface area (TPSA) is 64.3 Å². The number of carboxylic acid groups (broad SMARTS) is 1. The van der Waals surface area contributed by atoms with Crippen LogP contribution < -0.4 is 0 Å². The first-order chi connectivity index (χ1) is 6.66. The predicted octanol–water partition coefficient (Wildman–Crippen LogP) is 1.23. The van der Waals surface area contributed by atoms with E-state index >= 15 is 0 Å². The zero-order chi connectivity index (χ0) is 10.6. The summed E-state index contributed by atoms with van der Waals surface area (Å²) in [5.41, 5.74) is 0. The molecule has 0 amide bonds. The monoisotopic (exact) mass is 196 g/mol. The molecular formula is C10H16N2O2. The summed E-state index contributed by atoms with van der Waals surface area (Å²) in [6.45, 7) is 2.57. The summed E-state index contributed by atoms with van der Waals surface area (Å²) in [5, 5.41) is 17.4. The smallest absolute Gasteiger partial charge is 0.320 e. The highest BCUT2D eigenvalue weighted by molar-refractivity contribution is 5.73.